The Morgan fingerprint density at radius 1 is 1.06 bits per heavy atom. The minimum absolute atomic E-state index is 0.278. The van der Waals surface area contributed by atoms with Crippen LogP contribution in [0.1, 0.15) is 24.5 Å². The summed E-state index contributed by atoms with van der Waals surface area (Å²) in [6.07, 6.45) is -3.72. The smallest absolute Gasteiger partial charge is 0.486 e. The molecule has 4 rings (SSSR count). The number of fused-ring (bicyclic) bond motifs is 1. The number of anilines is 1. The van der Waals surface area contributed by atoms with Crippen LogP contribution in [-0.2, 0) is 0 Å². The normalized spacial score (nSPS) is 17.6. The fraction of sp³-hybridized carbons (Fsp3) is 0.435. The van der Waals surface area contributed by atoms with Crippen molar-refractivity contribution in [1.29, 1.82) is 0 Å². The lowest BCUT2D eigenvalue weighted by atomic mass is 10.0. The second kappa shape index (κ2) is 10.4. The van der Waals surface area contributed by atoms with E-state index < -0.39 is 24.5 Å². The lowest BCUT2D eigenvalue weighted by Gasteiger charge is -2.29. The summed E-state index contributed by atoms with van der Waals surface area (Å²) >= 11 is 0. The number of aliphatic hydroxyl groups excluding tert-OH is 1. The van der Waals surface area contributed by atoms with E-state index in [0.29, 0.717) is 36.8 Å². The van der Waals surface area contributed by atoms with E-state index in [0.717, 1.165) is 38.1 Å². The van der Waals surface area contributed by atoms with Gasteiger partial charge < -0.3 is 34.9 Å². The van der Waals surface area contributed by atoms with Crippen LogP contribution in [0.2, 0.25) is 0 Å². The third-order valence-corrected chi connectivity index (χ3v) is 5.60. The molecule has 0 saturated carbocycles. The van der Waals surface area contributed by atoms with Crippen molar-refractivity contribution in [2.24, 2.45) is 0 Å². The first kappa shape index (κ1) is 24.0. The third kappa shape index (κ3) is 6.45. The van der Waals surface area contributed by atoms with Crippen LogP contribution < -0.4 is 24.8 Å². The highest BCUT2D eigenvalue weighted by molar-refractivity contribution is 5.89. The maximum atomic E-state index is 12.7. The molecule has 0 bridgehead atoms. The van der Waals surface area contributed by atoms with E-state index in [2.05, 4.69) is 20.3 Å². The molecule has 2 heterocycles. The van der Waals surface area contributed by atoms with Gasteiger partial charge in [-0.3, -0.25) is 0 Å². The fourth-order valence-corrected chi connectivity index (χ4v) is 4.02. The maximum Gasteiger partial charge on any atom is 0.573 e. The number of halogens is 3. The van der Waals surface area contributed by atoms with E-state index in [1.165, 1.54) is 12.1 Å². The number of benzene rings is 2. The summed E-state index contributed by atoms with van der Waals surface area (Å²) in [4.78, 5) is 14.8. The van der Waals surface area contributed by atoms with Crippen LogP contribution in [0.25, 0.3) is 0 Å². The average molecular weight is 481 g/mol. The van der Waals surface area contributed by atoms with Crippen LogP contribution in [0.5, 0.6) is 17.2 Å². The van der Waals surface area contributed by atoms with Gasteiger partial charge in [-0.2, -0.15) is 0 Å². The lowest BCUT2D eigenvalue weighted by Crippen LogP contribution is -2.48. The number of alkyl halides is 3. The van der Waals surface area contributed by atoms with Crippen molar-refractivity contribution >= 4 is 11.7 Å². The monoisotopic (exact) mass is 481 g/mol. The molecule has 1 saturated heterocycles. The SMILES string of the molecule is O=C(Nc1ccc(OC(F)(F)F)cc1)N[C@H](CN1CCCC1)[C@H](O)c1ccc2c(c1)OCCO2. The van der Waals surface area contributed by atoms with Gasteiger partial charge in [0.1, 0.15) is 25.1 Å². The molecule has 2 aliphatic heterocycles. The van der Waals surface area contributed by atoms with Crippen molar-refractivity contribution in [3.05, 3.63) is 48.0 Å². The molecule has 11 heteroatoms. The summed E-state index contributed by atoms with van der Waals surface area (Å²) in [5.41, 5.74) is 0.850. The topological polar surface area (TPSA) is 92.3 Å². The summed E-state index contributed by atoms with van der Waals surface area (Å²) in [6, 6.07) is 8.73. The predicted octanol–water partition coefficient (Wildman–Crippen LogP) is 3.68. The standard InChI is InChI=1S/C23H26F3N3O5/c24-23(25,26)34-17-6-4-16(5-7-17)27-22(31)28-18(14-29-9-1-2-10-29)21(30)15-3-8-19-20(13-15)33-12-11-32-19/h3-8,13,18,21,30H,1-2,9-12,14H2,(H2,27,28,31)/t18-,21-/m1/s1. The molecule has 0 aliphatic carbocycles. The van der Waals surface area contributed by atoms with Gasteiger partial charge in [-0.1, -0.05) is 6.07 Å². The van der Waals surface area contributed by atoms with E-state index >= 15 is 0 Å². The van der Waals surface area contributed by atoms with E-state index in [1.807, 2.05) is 0 Å². The Balaban J connectivity index is 1.43. The molecule has 0 aromatic heterocycles. The van der Waals surface area contributed by atoms with Gasteiger partial charge in [0.25, 0.3) is 0 Å². The Hall–Kier alpha value is -3.18. The van der Waals surface area contributed by atoms with Crippen LogP contribution in [0.3, 0.4) is 0 Å². The number of rotatable bonds is 7. The first-order valence-corrected chi connectivity index (χ1v) is 11.0. The highest BCUT2D eigenvalue weighted by Gasteiger charge is 2.31. The Morgan fingerprint density at radius 3 is 2.41 bits per heavy atom. The maximum absolute atomic E-state index is 12.7. The van der Waals surface area contributed by atoms with Gasteiger partial charge in [-0.15, -0.1) is 13.2 Å². The van der Waals surface area contributed by atoms with Crippen molar-refractivity contribution in [2.45, 2.75) is 31.3 Å². The van der Waals surface area contributed by atoms with Crippen molar-refractivity contribution in [3.8, 4) is 17.2 Å². The van der Waals surface area contributed by atoms with Crippen LogP contribution >= 0.6 is 0 Å². The molecule has 34 heavy (non-hydrogen) atoms. The molecule has 2 aromatic carbocycles. The van der Waals surface area contributed by atoms with Crippen molar-refractivity contribution in [3.63, 3.8) is 0 Å². The second-order valence-electron chi connectivity index (χ2n) is 8.13. The summed E-state index contributed by atoms with van der Waals surface area (Å²) < 4.78 is 51.9. The zero-order chi connectivity index (χ0) is 24.1. The molecule has 1 fully saturated rings. The Morgan fingerprint density at radius 2 is 1.74 bits per heavy atom. The van der Waals surface area contributed by atoms with Gasteiger partial charge in [-0.25, -0.2) is 4.79 Å². The number of urea groups is 1. The van der Waals surface area contributed by atoms with Gasteiger partial charge in [0, 0.05) is 12.2 Å². The van der Waals surface area contributed by atoms with Gasteiger partial charge in [0.15, 0.2) is 11.5 Å². The number of aliphatic hydroxyl groups is 1. The van der Waals surface area contributed by atoms with Crippen molar-refractivity contribution in [2.75, 3.05) is 38.2 Å². The number of hydrogen-bond donors (Lipinski definition) is 3. The first-order valence-electron chi connectivity index (χ1n) is 11.0. The first-order chi connectivity index (χ1) is 16.3. The van der Waals surface area contributed by atoms with Crippen LogP contribution in [0, 0.1) is 0 Å². The highest BCUT2D eigenvalue weighted by atomic mass is 19.4. The van der Waals surface area contributed by atoms with Gasteiger partial charge in [0.2, 0.25) is 0 Å². The summed E-state index contributed by atoms with van der Waals surface area (Å²) in [5.74, 6) is 0.745. The highest BCUT2D eigenvalue weighted by Crippen LogP contribution is 2.33. The number of carbonyl (C=O) groups excluding carboxylic acids is 1. The van der Waals surface area contributed by atoms with Crippen molar-refractivity contribution in [1.82, 2.24) is 10.2 Å². The number of amides is 2. The average Bonchev–Trinajstić information content (AvgIpc) is 3.31. The number of hydrogen-bond acceptors (Lipinski definition) is 6. The summed E-state index contributed by atoms with van der Waals surface area (Å²) in [5, 5.41) is 16.5. The number of likely N-dealkylation sites (tertiary alicyclic amines) is 1. The Labute approximate surface area is 194 Å². The number of carbonyl (C=O) groups is 1. The van der Waals surface area contributed by atoms with E-state index in [4.69, 9.17) is 9.47 Å². The third-order valence-electron chi connectivity index (χ3n) is 5.60. The van der Waals surface area contributed by atoms with E-state index in [9.17, 15) is 23.1 Å². The van der Waals surface area contributed by atoms with Gasteiger partial charge in [-0.05, 0) is 67.9 Å². The van der Waals surface area contributed by atoms with E-state index in [-0.39, 0.29) is 11.4 Å². The molecule has 2 aromatic rings. The summed E-state index contributed by atoms with van der Waals surface area (Å²) in [7, 11) is 0. The van der Waals surface area contributed by atoms with Crippen LogP contribution in [-0.4, -0.2) is 61.3 Å². The molecule has 2 aliphatic rings. The number of ether oxygens (including phenoxy) is 3. The Kier molecular flexibility index (Phi) is 7.32. The predicted molar refractivity (Wildman–Crippen MR) is 117 cm³/mol. The fourth-order valence-electron chi connectivity index (χ4n) is 4.02. The Bertz CT molecular complexity index is 981. The van der Waals surface area contributed by atoms with Crippen molar-refractivity contribution < 1.29 is 37.3 Å². The molecule has 184 valence electrons. The molecular weight excluding hydrogens is 455 g/mol. The molecule has 0 unspecified atom stereocenters. The molecular formula is C23H26F3N3O5. The molecule has 2 atom stereocenters. The lowest BCUT2D eigenvalue weighted by molar-refractivity contribution is -0.274. The number of nitrogens with zero attached hydrogens (tertiary/aromatic N) is 1. The molecule has 2 amide bonds. The summed E-state index contributed by atoms with van der Waals surface area (Å²) in [6.45, 7) is 3.04. The van der Waals surface area contributed by atoms with Crippen LogP contribution in [0.15, 0.2) is 42.5 Å². The second-order valence-corrected chi connectivity index (χ2v) is 8.13. The quantitative estimate of drug-likeness (QED) is 0.559. The van der Waals surface area contributed by atoms with Crippen LogP contribution in [0.4, 0.5) is 23.7 Å². The number of nitrogens with one attached hydrogen (secondary N) is 2. The molecule has 0 radical (unpaired) electrons. The van der Waals surface area contributed by atoms with Gasteiger partial charge >= 0.3 is 12.4 Å². The zero-order valence-corrected chi connectivity index (χ0v) is 18.3. The van der Waals surface area contributed by atoms with E-state index in [1.54, 1.807) is 18.2 Å². The van der Waals surface area contributed by atoms with Gasteiger partial charge in [0.05, 0.1) is 6.04 Å². The zero-order valence-electron chi connectivity index (χ0n) is 18.3. The largest absolute Gasteiger partial charge is 0.573 e. The molecule has 0 spiro atoms. The minimum Gasteiger partial charge on any atom is -0.486 e. The molecule has 8 nitrogen and oxygen atoms in total. The molecule has 3 N–H and O–H groups in total. The minimum atomic E-state index is -4.79.